The van der Waals surface area contributed by atoms with Gasteiger partial charge in [0, 0.05) is 25.6 Å². The number of nitrogens with zero attached hydrogens (tertiary/aromatic N) is 2. The molecule has 0 aromatic heterocycles. The van der Waals surface area contributed by atoms with Gasteiger partial charge in [-0.1, -0.05) is 36.4 Å². The lowest BCUT2D eigenvalue weighted by Crippen LogP contribution is -2.36. The van der Waals surface area contributed by atoms with Gasteiger partial charge in [0.25, 0.3) is 5.91 Å². The maximum Gasteiger partial charge on any atom is 0.271 e. The van der Waals surface area contributed by atoms with Crippen molar-refractivity contribution in [3.8, 4) is 0 Å². The Labute approximate surface area is 157 Å². The number of nitrogens with one attached hydrogen (secondary N) is 2. The number of hydrogen-bond donors (Lipinski definition) is 2. The maximum atomic E-state index is 12.7. The molecule has 2 aromatic rings. The number of para-hydroxylation sites is 2. The molecule has 0 bridgehead atoms. The van der Waals surface area contributed by atoms with Crippen molar-refractivity contribution in [1.82, 2.24) is 5.32 Å². The van der Waals surface area contributed by atoms with Gasteiger partial charge in [0.1, 0.15) is 5.71 Å². The van der Waals surface area contributed by atoms with Gasteiger partial charge >= 0.3 is 0 Å². The number of hydrogen-bond acceptors (Lipinski definition) is 4. The zero-order valence-electron chi connectivity index (χ0n) is 14.9. The summed E-state index contributed by atoms with van der Waals surface area (Å²) in [5.74, 6) is -0.682. The van der Waals surface area contributed by atoms with Crippen LogP contribution in [0, 0.1) is 0 Å². The van der Waals surface area contributed by atoms with Crippen LogP contribution in [0.15, 0.2) is 59.7 Å². The highest BCUT2D eigenvalue weighted by Gasteiger charge is 2.26. The third-order valence-corrected chi connectivity index (χ3v) is 4.19. The number of anilines is 2. The predicted octanol–water partition coefficient (Wildman–Crippen LogP) is 2.10. The van der Waals surface area contributed by atoms with Crippen molar-refractivity contribution in [2.75, 3.05) is 17.4 Å². The molecule has 2 N–H and O–H groups in total. The van der Waals surface area contributed by atoms with Crippen molar-refractivity contribution in [3.63, 3.8) is 0 Å². The van der Waals surface area contributed by atoms with E-state index >= 15 is 0 Å². The fraction of sp³-hybridized carbons (Fsp3) is 0.200. The van der Waals surface area contributed by atoms with E-state index in [1.54, 1.807) is 37.4 Å². The second kappa shape index (κ2) is 8.27. The second-order valence-corrected chi connectivity index (χ2v) is 6.05. The maximum absolute atomic E-state index is 12.7. The standard InChI is InChI=1S/C20H20N4O3/c1-21-18(25)13-14-7-5-6-10-16(14)22-20(27)17-11-12-19(26)24(23-17)15-8-3-2-4-9-15/h2-10H,11-13H2,1H3,(H,21,25)(H,22,27). The minimum atomic E-state index is -0.382. The Balaban J connectivity index is 1.80. The first-order chi connectivity index (χ1) is 13.1. The van der Waals surface area contributed by atoms with Crippen molar-refractivity contribution in [3.05, 3.63) is 60.2 Å². The third kappa shape index (κ3) is 4.38. The predicted molar refractivity (Wildman–Crippen MR) is 103 cm³/mol. The average molecular weight is 364 g/mol. The number of hydrazone groups is 1. The molecule has 7 heteroatoms. The van der Waals surface area contributed by atoms with Crippen LogP contribution in [0.1, 0.15) is 18.4 Å². The normalized spacial score (nSPS) is 13.7. The number of likely N-dealkylation sites (N-methyl/N-ethyl adjacent to an activating group) is 1. The Kier molecular flexibility index (Phi) is 5.61. The van der Waals surface area contributed by atoms with Crippen LogP contribution < -0.4 is 15.6 Å². The van der Waals surface area contributed by atoms with Crippen LogP contribution in [0.25, 0.3) is 0 Å². The van der Waals surface area contributed by atoms with Crippen LogP contribution in [0.5, 0.6) is 0 Å². The molecular formula is C20H20N4O3. The third-order valence-electron chi connectivity index (χ3n) is 4.19. The number of rotatable bonds is 5. The van der Waals surface area contributed by atoms with Gasteiger partial charge < -0.3 is 10.6 Å². The van der Waals surface area contributed by atoms with E-state index in [4.69, 9.17) is 0 Å². The molecule has 1 aliphatic rings. The number of carbonyl (C=O) groups is 3. The summed E-state index contributed by atoms with van der Waals surface area (Å²) in [5.41, 5.74) is 2.15. The van der Waals surface area contributed by atoms with Crippen molar-refractivity contribution >= 4 is 34.8 Å². The minimum Gasteiger partial charge on any atom is -0.359 e. The van der Waals surface area contributed by atoms with Gasteiger partial charge in [0.15, 0.2) is 0 Å². The summed E-state index contributed by atoms with van der Waals surface area (Å²) in [6.45, 7) is 0. The first-order valence-electron chi connectivity index (χ1n) is 8.64. The van der Waals surface area contributed by atoms with Gasteiger partial charge in [-0.25, -0.2) is 5.01 Å². The van der Waals surface area contributed by atoms with Crippen molar-refractivity contribution in [1.29, 1.82) is 0 Å². The largest absolute Gasteiger partial charge is 0.359 e. The second-order valence-electron chi connectivity index (χ2n) is 6.05. The summed E-state index contributed by atoms with van der Waals surface area (Å²) in [5, 5.41) is 10.9. The lowest BCUT2D eigenvalue weighted by molar-refractivity contribution is -0.120. The average Bonchev–Trinajstić information content (AvgIpc) is 2.70. The highest BCUT2D eigenvalue weighted by molar-refractivity contribution is 6.44. The summed E-state index contributed by atoms with van der Waals surface area (Å²) in [4.78, 5) is 36.5. The Hall–Kier alpha value is -3.48. The molecule has 1 heterocycles. The number of amides is 3. The fourth-order valence-corrected chi connectivity index (χ4v) is 2.74. The Morgan fingerprint density at radius 1 is 1.04 bits per heavy atom. The summed E-state index contributed by atoms with van der Waals surface area (Å²) >= 11 is 0. The summed E-state index contributed by atoms with van der Waals surface area (Å²) in [6.07, 6.45) is 0.640. The lowest BCUT2D eigenvalue weighted by Gasteiger charge is -2.23. The minimum absolute atomic E-state index is 0.146. The molecule has 1 aliphatic heterocycles. The summed E-state index contributed by atoms with van der Waals surface area (Å²) in [7, 11) is 1.56. The summed E-state index contributed by atoms with van der Waals surface area (Å²) < 4.78 is 0. The van der Waals surface area contributed by atoms with Crippen LogP contribution >= 0.6 is 0 Å². The van der Waals surface area contributed by atoms with Gasteiger partial charge in [0.05, 0.1) is 12.1 Å². The molecule has 3 rings (SSSR count). The molecule has 0 fully saturated rings. The molecule has 0 atom stereocenters. The quantitative estimate of drug-likeness (QED) is 0.851. The fourth-order valence-electron chi connectivity index (χ4n) is 2.74. The van der Waals surface area contributed by atoms with E-state index in [9.17, 15) is 14.4 Å². The Bertz CT molecular complexity index is 893. The number of benzene rings is 2. The first-order valence-corrected chi connectivity index (χ1v) is 8.64. The molecule has 2 aromatic carbocycles. The van der Waals surface area contributed by atoms with Crippen molar-refractivity contribution in [2.45, 2.75) is 19.3 Å². The topological polar surface area (TPSA) is 90.9 Å². The SMILES string of the molecule is CNC(=O)Cc1ccccc1NC(=O)C1=NN(c2ccccc2)C(=O)CC1. The molecule has 0 saturated carbocycles. The molecule has 0 saturated heterocycles. The molecule has 0 aliphatic carbocycles. The smallest absolute Gasteiger partial charge is 0.271 e. The van der Waals surface area contributed by atoms with E-state index in [2.05, 4.69) is 15.7 Å². The Morgan fingerprint density at radius 2 is 1.74 bits per heavy atom. The van der Waals surface area contributed by atoms with Crippen LogP contribution in [-0.4, -0.2) is 30.5 Å². The molecule has 0 unspecified atom stereocenters. The van der Waals surface area contributed by atoms with E-state index in [1.165, 1.54) is 5.01 Å². The molecule has 0 radical (unpaired) electrons. The van der Waals surface area contributed by atoms with Gasteiger partial charge in [-0.2, -0.15) is 5.10 Å². The van der Waals surface area contributed by atoms with Crippen LogP contribution in [0.2, 0.25) is 0 Å². The molecule has 27 heavy (non-hydrogen) atoms. The number of carbonyl (C=O) groups excluding carboxylic acids is 3. The highest BCUT2D eigenvalue weighted by Crippen LogP contribution is 2.21. The van der Waals surface area contributed by atoms with Gasteiger partial charge in [-0.3, -0.25) is 14.4 Å². The molecule has 0 spiro atoms. The first kappa shape index (κ1) is 18.3. The zero-order valence-corrected chi connectivity index (χ0v) is 14.9. The molecular weight excluding hydrogens is 344 g/mol. The van der Waals surface area contributed by atoms with E-state index in [1.807, 2.05) is 24.3 Å². The van der Waals surface area contributed by atoms with Crippen LogP contribution in [-0.2, 0) is 20.8 Å². The van der Waals surface area contributed by atoms with E-state index in [-0.39, 0.29) is 42.7 Å². The van der Waals surface area contributed by atoms with Crippen LogP contribution in [0.3, 0.4) is 0 Å². The molecule has 138 valence electrons. The van der Waals surface area contributed by atoms with E-state index in [0.717, 1.165) is 0 Å². The molecule has 7 nitrogen and oxygen atoms in total. The zero-order chi connectivity index (χ0) is 19.2. The van der Waals surface area contributed by atoms with E-state index < -0.39 is 0 Å². The highest BCUT2D eigenvalue weighted by atomic mass is 16.2. The van der Waals surface area contributed by atoms with Crippen molar-refractivity contribution < 1.29 is 14.4 Å². The monoisotopic (exact) mass is 364 g/mol. The van der Waals surface area contributed by atoms with Crippen LogP contribution in [0.4, 0.5) is 11.4 Å². The van der Waals surface area contributed by atoms with E-state index in [0.29, 0.717) is 16.9 Å². The lowest BCUT2D eigenvalue weighted by atomic mass is 10.1. The van der Waals surface area contributed by atoms with Gasteiger partial charge in [0.2, 0.25) is 11.8 Å². The van der Waals surface area contributed by atoms with Gasteiger partial charge in [-0.15, -0.1) is 0 Å². The van der Waals surface area contributed by atoms with Gasteiger partial charge in [-0.05, 0) is 23.8 Å². The summed E-state index contributed by atoms with van der Waals surface area (Å²) in [6, 6.07) is 16.1. The molecule has 3 amide bonds. The van der Waals surface area contributed by atoms with Crippen molar-refractivity contribution in [2.24, 2.45) is 5.10 Å². The Morgan fingerprint density at radius 3 is 2.48 bits per heavy atom.